The highest BCUT2D eigenvalue weighted by molar-refractivity contribution is 6.96. The van der Waals surface area contributed by atoms with E-state index in [0.29, 0.717) is 5.54 Å². The van der Waals surface area contributed by atoms with Gasteiger partial charge in [0.1, 0.15) is 8.07 Å². The van der Waals surface area contributed by atoms with Crippen molar-refractivity contribution in [3.8, 4) is 0 Å². The lowest BCUT2D eigenvalue weighted by atomic mass is 10.4. The number of rotatable bonds is 3. The van der Waals surface area contributed by atoms with Gasteiger partial charge in [0, 0.05) is 0 Å². The van der Waals surface area contributed by atoms with Crippen molar-refractivity contribution >= 4 is 13.3 Å². The second kappa shape index (κ2) is 4.03. The van der Waals surface area contributed by atoms with Crippen molar-refractivity contribution in [1.82, 2.24) is 0 Å². The molecule has 1 aliphatic carbocycles. The van der Waals surface area contributed by atoms with E-state index in [0.717, 1.165) is 0 Å². The predicted octanol–water partition coefficient (Wildman–Crippen LogP) is 3.19. The van der Waals surface area contributed by atoms with Crippen LogP contribution in [0.5, 0.6) is 0 Å². The molecule has 0 spiro atoms. The Kier molecular flexibility index (Phi) is 2.74. The summed E-state index contributed by atoms with van der Waals surface area (Å²) >= 11 is 0. The van der Waals surface area contributed by atoms with E-state index in [1.165, 1.54) is 5.19 Å². The van der Waals surface area contributed by atoms with Crippen molar-refractivity contribution in [2.45, 2.75) is 12.1 Å². The van der Waals surface area contributed by atoms with Crippen molar-refractivity contribution < 1.29 is 0 Å². The SMILES string of the molecule is C=C[Si](C)(c1ccccc1)C1C=CC=C1. The first-order valence-corrected chi connectivity index (χ1v) is 7.97. The summed E-state index contributed by atoms with van der Waals surface area (Å²) in [7, 11) is -1.58. The van der Waals surface area contributed by atoms with Gasteiger partial charge in [0.15, 0.2) is 0 Å². The molecule has 15 heavy (non-hydrogen) atoms. The molecule has 0 saturated carbocycles. The molecule has 0 aromatic heterocycles. The molecule has 1 unspecified atom stereocenters. The number of hydrogen-bond donors (Lipinski definition) is 0. The van der Waals surface area contributed by atoms with Gasteiger partial charge in [-0.1, -0.05) is 72.1 Å². The van der Waals surface area contributed by atoms with Crippen molar-refractivity contribution in [3.05, 3.63) is 66.9 Å². The van der Waals surface area contributed by atoms with Gasteiger partial charge in [-0.25, -0.2) is 0 Å². The van der Waals surface area contributed by atoms with Gasteiger partial charge in [0.25, 0.3) is 0 Å². The van der Waals surface area contributed by atoms with Crippen LogP contribution >= 0.6 is 0 Å². The lowest BCUT2D eigenvalue weighted by Crippen LogP contribution is -2.45. The van der Waals surface area contributed by atoms with Crippen LogP contribution in [0.15, 0.2) is 66.9 Å². The Labute approximate surface area is 92.7 Å². The largest absolute Gasteiger partial charge is 0.117 e. The van der Waals surface area contributed by atoms with Crippen LogP contribution in [0.4, 0.5) is 0 Å². The van der Waals surface area contributed by atoms with Gasteiger partial charge < -0.3 is 0 Å². The van der Waals surface area contributed by atoms with Crippen LogP contribution in [0.25, 0.3) is 0 Å². The van der Waals surface area contributed by atoms with E-state index in [9.17, 15) is 0 Å². The van der Waals surface area contributed by atoms with E-state index in [2.05, 4.69) is 73.5 Å². The molecule has 0 fully saturated rings. The average Bonchev–Trinajstić information content (AvgIpc) is 2.83. The first-order chi connectivity index (χ1) is 7.27. The Morgan fingerprint density at radius 1 is 1.13 bits per heavy atom. The van der Waals surface area contributed by atoms with Gasteiger partial charge in [0.05, 0.1) is 0 Å². The highest BCUT2D eigenvalue weighted by Crippen LogP contribution is 2.28. The highest BCUT2D eigenvalue weighted by Gasteiger charge is 2.33. The molecule has 0 bridgehead atoms. The van der Waals surface area contributed by atoms with Crippen LogP contribution in [-0.4, -0.2) is 8.07 Å². The Morgan fingerprint density at radius 2 is 1.73 bits per heavy atom. The molecular weight excluding hydrogens is 196 g/mol. The third kappa shape index (κ3) is 1.75. The fourth-order valence-corrected chi connectivity index (χ4v) is 4.90. The van der Waals surface area contributed by atoms with E-state index in [1.54, 1.807) is 0 Å². The van der Waals surface area contributed by atoms with Crippen LogP contribution in [0.1, 0.15) is 0 Å². The molecule has 0 nitrogen and oxygen atoms in total. The smallest absolute Gasteiger partial charge is 0.107 e. The zero-order valence-corrected chi connectivity index (χ0v) is 10.1. The molecular formula is C14H16Si. The summed E-state index contributed by atoms with van der Waals surface area (Å²) in [6.07, 6.45) is 8.87. The normalized spacial score (nSPS) is 19.0. The maximum Gasteiger partial charge on any atom is 0.117 e. The minimum Gasteiger partial charge on any atom is -0.107 e. The van der Waals surface area contributed by atoms with Crippen LogP contribution in [-0.2, 0) is 0 Å². The second-order valence-corrected chi connectivity index (χ2v) is 8.37. The van der Waals surface area contributed by atoms with Crippen molar-refractivity contribution in [2.24, 2.45) is 0 Å². The molecule has 1 aromatic carbocycles. The lowest BCUT2D eigenvalue weighted by molar-refractivity contribution is 1.33. The zero-order valence-electron chi connectivity index (χ0n) is 9.06. The minimum absolute atomic E-state index is 0.567. The third-order valence-corrected chi connectivity index (χ3v) is 7.46. The number of hydrogen-bond acceptors (Lipinski definition) is 0. The molecule has 2 rings (SSSR count). The van der Waals surface area contributed by atoms with Crippen molar-refractivity contribution in [1.29, 1.82) is 0 Å². The van der Waals surface area contributed by atoms with E-state index in [1.807, 2.05) is 0 Å². The Balaban J connectivity index is 2.41. The van der Waals surface area contributed by atoms with Crippen LogP contribution < -0.4 is 5.19 Å². The Morgan fingerprint density at radius 3 is 2.27 bits per heavy atom. The van der Waals surface area contributed by atoms with Gasteiger partial charge >= 0.3 is 0 Å². The van der Waals surface area contributed by atoms with Gasteiger partial charge in [0.2, 0.25) is 0 Å². The van der Waals surface area contributed by atoms with Crippen LogP contribution in [0.2, 0.25) is 12.1 Å². The molecule has 1 aliphatic rings. The van der Waals surface area contributed by atoms with E-state index in [-0.39, 0.29) is 0 Å². The van der Waals surface area contributed by atoms with E-state index >= 15 is 0 Å². The van der Waals surface area contributed by atoms with E-state index in [4.69, 9.17) is 0 Å². The van der Waals surface area contributed by atoms with E-state index < -0.39 is 8.07 Å². The molecule has 0 heterocycles. The molecule has 1 atom stereocenters. The molecule has 0 N–H and O–H groups in total. The maximum absolute atomic E-state index is 4.05. The summed E-state index contributed by atoms with van der Waals surface area (Å²) in [5.41, 5.74) is 2.75. The second-order valence-electron chi connectivity index (χ2n) is 4.15. The topological polar surface area (TPSA) is 0 Å². The fraction of sp³-hybridized carbons (Fsp3) is 0.143. The van der Waals surface area contributed by atoms with Gasteiger partial charge in [-0.05, 0) is 5.54 Å². The standard InChI is InChI=1S/C14H16Si/c1-3-15(2,14-11-7-8-12-14)13-9-5-4-6-10-13/h3-12,14H,1H2,2H3. The maximum atomic E-state index is 4.05. The summed E-state index contributed by atoms with van der Waals surface area (Å²) in [5, 5.41) is 1.46. The van der Waals surface area contributed by atoms with Crippen LogP contribution in [0.3, 0.4) is 0 Å². The summed E-state index contributed by atoms with van der Waals surface area (Å²) in [6, 6.07) is 10.8. The summed E-state index contributed by atoms with van der Waals surface area (Å²) < 4.78 is 0. The van der Waals surface area contributed by atoms with Gasteiger partial charge in [-0.3, -0.25) is 0 Å². The number of benzene rings is 1. The lowest BCUT2D eigenvalue weighted by Gasteiger charge is -2.28. The monoisotopic (exact) mass is 212 g/mol. The molecule has 0 saturated heterocycles. The average molecular weight is 212 g/mol. The van der Waals surface area contributed by atoms with Gasteiger partial charge in [-0.15, -0.1) is 6.58 Å². The Hall–Kier alpha value is -1.34. The highest BCUT2D eigenvalue weighted by atomic mass is 28.3. The van der Waals surface area contributed by atoms with Crippen molar-refractivity contribution in [2.75, 3.05) is 0 Å². The first kappa shape index (κ1) is 10.2. The first-order valence-electron chi connectivity index (χ1n) is 5.31. The fourth-order valence-electron chi connectivity index (χ4n) is 2.08. The summed E-state index contributed by atoms with van der Waals surface area (Å²) in [5.74, 6) is 0. The predicted molar refractivity (Wildman–Crippen MR) is 69.9 cm³/mol. The molecule has 76 valence electrons. The number of allylic oxidation sites excluding steroid dienone is 4. The molecule has 0 radical (unpaired) electrons. The summed E-state index contributed by atoms with van der Waals surface area (Å²) in [6.45, 7) is 6.42. The Bertz CT molecular complexity index is 391. The van der Waals surface area contributed by atoms with Crippen LogP contribution in [0, 0.1) is 0 Å². The third-order valence-electron chi connectivity index (χ3n) is 3.26. The quantitative estimate of drug-likeness (QED) is 0.675. The minimum atomic E-state index is -1.58. The molecule has 0 amide bonds. The molecule has 0 aliphatic heterocycles. The summed E-state index contributed by atoms with van der Waals surface area (Å²) in [4.78, 5) is 0. The molecule has 1 aromatic rings. The van der Waals surface area contributed by atoms with Gasteiger partial charge in [-0.2, -0.15) is 0 Å². The molecule has 1 heteroatoms. The zero-order chi connectivity index (χ0) is 10.7. The van der Waals surface area contributed by atoms with Crippen molar-refractivity contribution in [3.63, 3.8) is 0 Å².